The molecule has 0 bridgehead atoms. The van der Waals surface area contributed by atoms with Crippen LogP contribution in [0.15, 0.2) is 48.7 Å². The van der Waals surface area contributed by atoms with E-state index in [-0.39, 0.29) is 17.8 Å². The van der Waals surface area contributed by atoms with Gasteiger partial charge in [0.2, 0.25) is 0 Å². The van der Waals surface area contributed by atoms with Crippen molar-refractivity contribution >= 4 is 5.91 Å². The highest BCUT2D eigenvalue weighted by molar-refractivity contribution is 5.94. The third kappa shape index (κ3) is 2.41. The van der Waals surface area contributed by atoms with Gasteiger partial charge in [-0.3, -0.25) is 9.78 Å². The number of amides is 1. The molecule has 1 atom stereocenters. The number of hydrogen-bond acceptors (Lipinski definition) is 2. The number of hydrogen-bond donors (Lipinski definition) is 0. The van der Waals surface area contributed by atoms with E-state index in [0.717, 1.165) is 25.1 Å². The van der Waals surface area contributed by atoms with E-state index in [4.69, 9.17) is 0 Å². The van der Waals surface area contributed by atoms with Crippen molar-refractivity contribution in [1.29, 1.82) is 0 Å². The maximum Gasteiger partial charge on any atom is 0.254 e. The molecule has 0 saturated carbocycles. The lowest BCUT2D eigenvalue weighted by Gasteiger charge is -2.24. The van der Waals surface area contributed by atoms with Gasteiger partial charge in [0.05, 0.1) is 11.7 Å². The van der Waals surface area contributed by atoms with Crippen LogP contribution < -0.4 is 0 Å². The molecule has 1 aliphatic heterocycles. The Kier molecular flexibility index (Phi) is 3.46. The highest BCUT2D eigenvalue weighted by Gasteiger charge is 2.31. The molecule has 1 saturated heterocycles. The molecule has 1 unspecified atom stereocenters. The van der Waals surface area contributed by atoms with Crippen molar-refractivity contribution in [3.05, 3.63) is 65.7 Å². The first-order valence-corrected chi connectivity index (χ1v) is 6.73. The van der Waals surface area contributed by atoms with Crippen LogP contribution in [0.25, 0.3) is 0 Å². The lowest BCUT2D eigenvalue weighted by molar-refractivity contribution is 0.0733. The number of benzene rings is 1. The summed E-state index contributed by atoms with van der Waals surface area (Å²) in [6, 6.07) is 11.5. The smallest absolute Gasteiger partial charge is 0.254 e. The summed E-state index contributed by atoms with van der Waals surface area (Å²) in [5.41, 5.74) is 1.44. The molecule has 0 N–H and O–H groups in total. The van der Waals surface area contributed by atoms with E-state index in [1.54, 1.807) is 6.20 Å². The van der Waals surface area contributed by atoms with Crippen LogP contribution in [-0.4, -0.2) is 22.3 Å². The third-order valence-corrected chi connectivity index (χ3v) is 3.63. The fourth-order valence-electron chi connectivity index (χ4n) is 2.65. The molecule has 2 aromatic rings. The Morgan fingerprint density at radius 1 is 1.20 bits per heavy atom. The average molecular weight is 270 g/mol. The predicted molar refractivity (Wildman–Crippen MR) is 73.6 cm³/mol. The Morgan fingerprint density at radius 2 is 2.00 bits per heavy atom. The number of carbonyl (C=O) groups excluding carboxylic acids is 1. The molecule has 0 aliphatic carbocycles. The molecule has 3 rings (SSSR count). The zero-order chi connectivity index (χ0) is 13.9. The van der Waals surface area contributed by atoms with Crippen LogP contribution in [0.4, 0.5) is 4.39 Å². The van der Waals surface area contributed by atoms with Crippen LogP contribution in [0.2, 0.25) is 0 Å². The normalized spacial score (nSPS) is 18.2. The summed E-state index contributed by atoms with van der Waals surface area (Å²) >= 11 is 0. The first-order chi connectivity index (χ1) is 9.75. The highest BCUT2D eigenvalue weighted by Crippen LogP contribution is 2.31. The van der Waals surface area contributed by atoms with Gasteiger partial charge in [-0.25, -0.2) is 4.39 Å². The molecular formula is C16H15FN2O. The second-order valence-electron chi connectivity index (χ2n) is 4.92. The summed E-state index contributed by atoms with van der Waals surface area (Å²) in [6.07, 6.45) is 3.63. The van der Waals surface area contributed by atoms with Gasteiger partial charge in [-0.2, -0.15) is 0 Å². The van der Waals surface area contributed by atoms with Crippen LogP contribution >= 0.6 is 0 Å². The Balaban J connectivity index is 1.85. The van der Waals surface area contributed by atoms with Crippen LogP contribution in [0.1, 0.15) is 34.9 Å². The Labute approximate surface area is 117 Å². The molecule has 1 aromatic heterocycles. The van der Waals surface area contributed by atoms with Gasteiger partial charge in [0.15, 0.2) is 0 Å². The summed E-state index contributed by atoms with van der Waals surface area (Å²) < 4.78 is 12.9. The van der Waals surface area contributed by atoms with Gasteiger partial charge in [-0.1, -0.05) is 6.07 Å². The van der Waals surface area contributed by atoms with Gasteiger partial charge in [0.25, 0.3) is 5.91 Å². The summed E-state index contributed by atoms with van der Waals surface area (Å²) in [7, 11) is 0. The minimum atomic E-state index is -0.329. The average Bonchev–Trinajstić information content (AvgIpc) is 2.97. The molecule has 2 heterocycles. The predicted octanol–water partition coefficient (Wildman–Crippen LogP) is 3.20. The first-order valence-electron chi connectivity index (χ1n) is 6.73. The van der Waals surface area contributed by atoms with Crippen molar-refractivity contribution in [3.8, 4) is 0 Å². The van der Waals surface area contributed by atoms with Gasteiger partial charge >= 0.3 is 0 Å². The van der Waals surface area contributed by atoms with E-state index in [9.17, 15) is 9.18 Å². The third-order valence-electron chi connectivity index (χ3n) is 3.63. The van der Waals surface area contributed by atoms with Crippen LogP contribution in [0.5, 0.6) is 0 Å². The quantitative estimate of drug-likeness (QED) is 0.839. The fourth-order valence-corrected chi connectivity index (χ4v) is 2.65. The van der Waals surface area contributed by atoms with Gasteiger partial charge in [-0.05, 0) is 49.2 Å². The van der Waals surface area contributed by atoms with E-state index in [1.165, 1.54) is 24.3 Å². The molecule has 102 valence electrons. The summed E-state index contributed by atoms with van der Waals surface area (Å²) in [5, 5.41) is 0. The Hall–Kier alpha value is -2.23. The number of nitrogens with zero attached hydrogens (tertiary/aromatic N) is 2. The van der Waals surface area contributed by atoms with Crippen LogP contribution in [-0.2, 0) is 0 Å². The lowest BCUT2D eigenvalue weighted by atomic mass is 10.1. The van der Waals surface area contributed by atoms with Crippen molar-refractivity contribution in [3.63, 3.8) is 0 Å². The lowest BCUT2D eigenvalue weighted by Crippen LogP contribution is -2.30. The molecular weight excluding hydrogens is 255 g/mol. The summed E-state index contributed by atoms with van der Waals surface area (Å²) in [4.78, 5) is 18.7. The number of pyridine rings is 1. The largest absolute Gasteiger partial charge is 0.330 e. The van der Waals surface area contributed by atoms with Crippen molar-refractivity contribution in [2.24, 2.45) is 0 Å². The Bertz CT molecular complexity index is 598. The molecule has 1 amide bonds. The monoisotopic (exact) mass is 270 g/mol. The van der Waals surface area contributed by atoms with E-state index < -0.39 is 0 Å². The molecule has 4 heteroatoms. The SMILES string of the molecule is O=C(c1ccc(F)cc1)N1CCCC1c1ccccn1. The van der Waals surface area contributed by atoms with Gasteiger partial charge < -0.3 is 4.90 Å². The second-order valence-corrected chi connectivity index (χ2v) is 4.92. The first kappa shape index (κ1) is 12.8. The zero-order valence-corrected chi connectivity index (χ0v) is 11.0. The number of rotatable bonds is 2. The van der Waals surface area contributed by atoms with Gasteiger partial charge in [-0.15, -0.1) is 0 Å². The number of likely N-dealkylation sites (tertiary alicyclic amines) is 1. The number of carbonyl (C=O) groups is 1. The van der Waals surface area contributed by atoms with E-state index in [1.807, 2.05) is 23.1 Å². The minimum absolute atomic E-state index is 0.0220. The summed E-state index contributed by atoms with van der Waals surface area (Å²) in [5.74, 6) is -0.387. The topological polar surface area (TPSA) is 33.2 Å². The second kappa shape index (κ2) is 5.41. The molecule has 1 aliphatic rings. The summed E-state index contributed by atoms with van der Waals surface area (Å²) in [6.45, 7) is 0.720. The molecule has 20 heavy (non-hydrogen) atoms. The van der Waals surface area contributed by atoms with Gasteiger partial charge in [0.1, 0.15) is 5.82 Å². The number of halogens is 1. The molecule has 0 radical (unpaired) electrons. The van der Waals surface area contributed by atoms with E-state index >= 15 is 0 Å². The maximum absolute atomic E-state index is 12.9. The maximum atomic E-state index is 12.9. The molecule has 0 spiro atoms. The number of aromatic nitrogens is 1. The van der Waals surface area contributed by atoms with Crippen molar-refractivity contribution in [2.75, 3.05) is 6.54 Å². The zero-order valence-electron chi connectivity index (χ0n) is 11.0. The minimum Gasteiger partial charge on any atom is -0.330 e. The van der Waals surface area contributed by atoms with Crippen molar-refractivity contribution in [2.45, 2.75) is 18.9 Å². The van der Waals surface area contributed by atoms with Gasteiger partial charge in [0, 0.05) is 18.3 Å². The van der Waals surface area contributed by atoms with E-state index in [2.05, 4.69) is 4.98 Å². The van der Waals surface area contributed by atoms with Crippen LogP contribution in [0, 0.1) is 5.82 Å². The highest BCUT2D eigenvalue weighted by atomic mass is 19.1. The van der Waals surface area contributed by atoms with Crippen molar-refractivity contribution in [1.82, 2.24) is 9.88 Å². The standard InChI is InChI=1S/C16H15FN2O/c17-13-8-6-12(7-9-13)16(20)19-11-3-5-15(19)14-4-1-2-10-18-14/h1-2,4,6-10,15H,3,5,11H2. The fraction of sp³-hybridized carbons (Fsp3) is 0.250. The van der Waals surface area contributed by atoms with Crippen molar-refractivity contribution < 1.29 is 9.18 Å². The molecule has 1 aromatic carbocycles. The molecule has 1 fully saturated rings. The Morgan fingerprint density at radius 3 is 2.70 bits per heavy atom. The van der Waals surface area contributed by atoms with Crippen LogP contribution in [0.3, 0.4) is 0 Å². The van der Waals surface area contributed by atoms with E-state index in [0.29, 0.717) is 5.56 Å². The molecule has 3 nitrogen and oxygen atoms in total.